The lowest BCUT2D eigenvalue weighted by molar-refractivity contribution is 0.0856. The van der Waals surface area contributed by atoms with Crippen LogP contribution in [0.4, 0.5) is 5.69 Å². The highest BCUT2D eigenvalue weighted by Crippen LogP contribution is 2.38. The SMILES string of the molecule is Cn1cncc1CNc1cccc2c1OC(C)(C)CC2. The van der Waals surface area contributed by atoms with Gasteiger partial charge < -0.3 is 14.6 Å². The second kappa shape index (κ2) is 4.85. The van der Waals surface area contributed by atoms with Gasteiger partial charge in [-0.05, 0) is 38.3 Å². The highest BCUT2D eigenvalue weighted by molar-refractivity contribution is 5.61. The van der Waals surface area contributed by atoms with E-state index in [1.54, 1.807) is 0 Å². The van der Waals surface area contributed by atoms with Gasteiger partial charge in [0.05, 0.1) is 24.3 Å². The van der Waals surface area contributed by atoms with Crippen LogP contribution >= 0.6 is 0 Å². The van der Waals surface area contributed by atoms with Gasteiger partial charge in [-0.3, -0.25) is 0 Å². The Bertz CT molecular complexity index is 616. The number of nitrogens with one attached hydrogen (secondary N) is 1. The van der Waals surface area contributed by atoms with Gasteiger partial charge in [-0.15, -0.1) is 0 Å². The lowest BCUT2D eigenvalue weighted by Crippen LogP contribution is -2.33. The molecule has 0 fully saturated rings. The third-order valence-electron chi connectivity index (χ3n) is 3.85. The number of benzene rings is 1. The summed E-state index contributed by atoms with van der Waals surface area (Å²) in [5.41, 5.74) is 3.42. The van der Waals surface area contributed by atoms with Gasteiger partial charge in [-0.2, -0.15) is 0 Å². The first-order valence-corrected chi connectivity index (χ1v) is 7.05. The zero-order valence-corrected chi connectivity index (χ0v) is 12.3. The van der Waals surface area contributed by atoms with Crippen molar-refractivity contribution in [2.24, 2.45) is 7.05 Å². The molecule has 20 heavy (non-hydrogen) atoms. The molecule has 2 heterocycles. The van der Waals surface area contributed by atoms with Gasteiger partial charge in [0, 0.05) is 13.2 Å². The monoisotopic (exact) mass is 271 g/mol. The second-order valence-electron chi connectivity index (χ2n) is 6.01. The Labute approximate surface area is 119 Å². The fourth-order valence-corrected chi connectivity index (χ4v) is 2.55. The molecule has 1 aromatic carbocycles. The van der Waals surface area contributed by atoms with Crippen LogP contribution in [0.15, 0.2) is 30.7 Å². The maximum absolute atomic E-state index is 6.17. The van der Waals surface area contributed by atoms with Crippen molar-refractivity contribution in [1.82, 2.24) is 9.55 Å². The van der Waals surface area contributed by atoms with E-state index in [2.05, 4.69) is 42.3 Å². The molecule has 1 aliphatic rings. The van der Waals surface area contributed by atoms with Crippen molar-refractivity contribution in [2.75, 3.05) is 5.32 Å². The molecule has 0 saturated carbocycles. The van der Waals surface area contributed by atoms with Crippen LogP contribution in [0.2, 0.25) is 0 Å². The standard InChI is InChI=1S/C16H21N3O/c1-16(2)8-7-12-5-4-6-14(15(12)20-16)18-10-13-9-17-11-19(13)3/h4-6,9,11,18H,7-8,10H2,1-3H3. The maximum Gasteiger partial charge on any atom is 0.146 e. The Hall–Kier alpha value is -1.97. The molecule has 106 valence electrons. The summed E-state index contributed by atoms with van der Waals surface area (Å²) in [6, 6.07) is 6.32. The highest BCUT2D eigenvalue weighted by atomic mass is 16.5. The largest absolute Gasteiger partial charge is 0.485 e. The summed E-state index contributed by atoms with van der Waals surface area (Å²) >= 11 is 0. The van der Waals surface area contributed by atoms with E-state index in [1.165, 1.54) is 5.56 Å². The minimum absolute atomic E-state index is 0.0860. The Kier molecular flexibility index (Phi) is 3.16. The van der Waals surface area contributed by atoms with E-state index in [0.29, 0.717) is 0 Å². The van der Waals surface area contributed by atoms with Crippen LogP contribution in [0.25, 0.3) is 0 Å². The van der Waals surface area contributed by atoms with E-state index in [-0.39, 0.29) is 5.60 Å². The Morgan fingerprint density at radius 3 is 3.00 bits per heavy atom. The summed E-state index contributed by atoms with van der Waals surface area (Å²) < 4.78 is 8.19. The Morgan fingerprint density at radius 1 is 1.40 bits per heavy atom. The Morgan fingerprint density at radius 2 is 2.25 bits per heavy atom. The maximum atomic E-state index is 6.17. The van der Waals surface area contributed by atoms with Gasteiger partial charge in [-0.1, -0.05) is 12.1 Å². The van der Waals surface area contributed by atoms with E-state index in [0.717, 1.165) is 36.5 Å². The smallest absolute Gasteiger partial charge is 0.146 e. The van der Waals surface area contributed by atoms with E-state index in [1.807, 2.05) is 24.1 Å². The average molecular weight is 271 g/mol. The number of rotatable bonds is 3. The molecule has 0 unspecified atom stereocenters. The first-order chi connectivity index (χ1) is 9.55. The van der Waals surface area contributed by atoms with Crippen molar-refractivity contribution in [3.05, 3.63) is 42.0 Å². The van der Waals surface area contributed by atoms with Gasteiger partial charge in [0.1, 0.15) is 11.4 Å². The van der Waals surface area contributed by atoms with Crippen LogP contribution in [-0.2, 0) is 20.0 Å². The molecule has 1 N–H and O–H groups in total. The summed E-state index contributed by atoms with van der Waals surface area (Å²) in [6.45, 7) is 5.04. The topological polar surface area (TPSA) is 39.1 Å². The summed E-state index contributed by atoms with van der Waals surface area (Å²) in [4.78, 5) is 4.14. The zero-order valence-electron chi connectivity index (χ0n) is 12.3. The summed E-state index contributed by atoms with van der Waals surface area (Å²) in [7, 11) is 2.00. The molecular weight excluding hydrogens is 250 g/mol. The molecule has 4 heteroatoms. The fraction of sp³-hybridized carbons (Fsp3) is 0.438. The molecular formula is C16H21N3O. The van der Waals surface area contributed by atoms with E-state index < -0.39 is 0 Å². The van der Waals surface area contributed by atoms with Crippen LogP contribution in [0, 0.1) is 0 Å². The van der Waals surface area contributed by atoms with Crippen molar-refractivity contribution >= 4 is 5.69 Å². The molecule has 0 saturated heterocycles. The quantitative estimate of drug-likeness (QED) is 0.932. The van der Waals surface area contributed by atoms with Crippen LogP contribution in [0.3, 0.4) is 0 Å². The van der Waals surface area contributed by atoms with E-state index in [9.17, 15) is 0 Å². The molecule has 0 spiro atoms. The third kappa shape index (κ3) is 2.50. The molecule has 4 nitrogen and oxygen atoms in total. The summed E-state index contributed by atoms with van der Waals surface area (Å²) in [5.74, 6) is 1.01. The molecule has 1 aliphatic heterocycles. The molecule has 3 rings (SSSR count). The number of nitrogens with zero attached hydrogens (tertiary/aromatic N) is 2. The second-order valence-corrected chi connectivity index (χ2v) is 6.01. The first-order valence-electron chi connectivity index (χ1n) is 7.05. The molecule has 2 aromatic rings. The summed E-state index contributed by atoms with van der Waals surface area (Å²) in [6.07, 6.45) is 5.83. The molecule has 0 bridgehead atoms. The van der Waals surface area contributed by atoms with Crippen molar-refractivity contribution < 1.29 is 4.74 Å². The van der Waals surface area contributed by atoms with Gasteiger partial charge in [0.15, 0.2) is 0 Å². The Balaban J connectivity index is 1.82. The van der Waals surface area contributed by atoms with Gasteiger partial charge in [0.2, 0.25) is 0 Å². The lowest BCUT2D eigenvalue weighted by Gasteiger charge is -2.33. The normalized spacial score (nSPS) is 16.4. The van der Waals surface area contributed by atoms with Crippen LogP contribution < -0.4 is 10.1 Å². The van der Waals surface area contributed by atoms with Crippen LogP contribution in [0.5, 0.6) is 5.75 Å². The zero-order chi connectivity index (χ0) is 14.2. The number of fused-ring (bicyclic) bond motifs is 1. The molecule has 0 amide bonds. The number of imidazole rings is 1. The number of aromatic nitrogens is 2. The predicted octanol–water partition coefficient (Wildman–Crippen LogP) is 3.14. The van der Waals surface area contributed by atoms with Crippen LogP contribution in [0.1, 0.15) is 31.5 Å². The number of ether oxygens (including phenoxy) is 1. The molecule has 0 aliphatic carbocycles. The number of anilines is 1. The fourth-order valence-electron chi connectivity index (χ4n) is 2.55. The molecule has 0 radical (unpaired) electrons. The van der Waals surface area contributed by atoms with Crippen molar-refractivity contribution in [3.8, 4) is 5.75 Å². The summed E-state index contributed by atoms with van der Waals surface area (Å²) in [5, 5.41) is 3.47. The first kappa shape index (κ1) is 13.0. The van der Waals surface area contributed by atoms with E-state index in [4.69, 9.17) is 4.74 Å². The highest BCUT2D eigenvalue weighted by Gasteiger charge is 2.28. The predicted molar refractivity (Wildman–Crippen MR) is 80.0 cm³/mol. The van der Waals surface area contributed by atoms with Gasteiger partial charge in [0.25, 0.3) is 0 Å². The third-order valence-corrected chi connectivity index (χ3v) is 3.85. The lowest BCUT2D eigenvalue weighted by atomic mass is 9.94. The number of para-hydroxylation sites is 1. The molecule has 1 aromatic heterocycles. The van der Waals surface area contributed by atoms with E-state index >= 15 is 0 Å². The number of aryl methyl sites for hydroxylation is 2. The van der Waals surface area contributed by atoms with Crippen molar-refractivity contribution in [3.63, 3.8) is 0 Å². The minimum Gasteiger partial charge on any atom is -0.485 e. The van der Waals surface area contributed by atoms with Gasteiger partial charge in [-0.25, -0.2) is 4.98 Å². The molecule has 0 atom stereocenters. The number of hydrogen-bond donors (Lipinski definition) is 1. The average Bonchev–Trinajstić information content (AvgIpc) is 2.81. The van der Waals surface area contributed by atoms with Crippen molar-refractivity contribution in [2.45, 2.75) is 38.8 Å². The number of hydrogen-bond acceptors (Lipinski definition) is 3. The van der Waals surface area contributed by atoms with Crippen molar-refractivity contribution in [1.29, 1.82) is 0 Å². The van der Waals surface area contributed by atoms with Gasteiger partial charge >= 0.3 is 0 Å². The minimum atomic E-state index is -0.0860. The van der Waals surface area contributed by atoms with Crippen LogP contribution in [-0.4, -0.2) is 15.2 Å².